The van der Waals surface area contributed by atoms with Crippen molar-refractivity contribution in [2.24, 2.45) is 5.41 Å². The second kappa shape index (κ2) is 4.42. The summed E-state index contributed by atoms with van der Waals surface area (Å²) >= 11 is 0. The van der Waals surface area contributed by atoms with Crippen LogP contribution in [0.1, 0.15) is 32.8 Å². The summed E-state index contributed by atoms with van der Waals surface area (Å²) in [6, 6.07) is 11.3. The Morgan fingerprint density at radius 2 is 1.81 bits per heavy atom. The molecule has 1 aromatic carbocycles. The maximum atomic E-state index is 3.58. The molecule has 86 valence electrons. The zero-order valence-corrected chi connectivity index (χ0v) is 10.5. The van der Waals surface area contributed by atoms with Crippen LogP contribution in [0.3, 0.4) is 0 Å². The van der Waals surface area contributed by atoms with Gasteiger partial charge in [-0.05, 0) is 23.0 Å². The third-order valence-electron chi connectivity index (χ3n) is 3.33. The number of hydrogen-bond donors (Lipinski definition) is 1. The Labute approximate surface area is 98.6 Å². The van der Waals surface area contributed by atoms with Crippen molar-refractivity contribution in [2.75, 3.05) is 6.54 Å². The highest BCUT2D eigenvalue weighted by atomic mass is 14.9. The molecular formula is C15H21N. The van der Waals surface area contributed by atoms with Crippen molar-refractivity contribution in [3.8, 4) is 0 Å². The molecule has 0 bridgehead atoms. The number of rotatable bonds is 1. The van der Waals surface area contributed by atoms with Crippen LogP contribution in [0.15, 0.2) is 36.4 Å². The molecule has 1 nitrogen and oxygen atoms in total. The van der Waals surface area contributed by atoms with Gasteiger partial charge in [0.05, 0.1) is 0 Å². The normalized spacial score (nSPS) is 21.7. The van der Waals surface area contributed by atoms with E-state index in [4.69, 9.17) is 0 Å². The lowest BCUT2D eigenvalue weighted by Gasteiger charge is -2.35. The summed E-state index contributed by atoms with van der Waals surface area (Å²) in [4.78, 5) is 0. The molecule has 1 heteroatoms. The second-order valence-electron chi connectivity index (χ2n) is 5.63. The highest BCUT2D eigenvalue weighted by molar-refractivity contribution is 5.67. The van der Waals surface area contributed by atoms with Crippen LogP contribution in [0.5, 0.6) is 0 Å². The fourth-order valence-corrected chi connectivity index (χ4v) is 2.20. The minimum Gasteiger partial charge on any atom is -0.310 e. The molecule has 1 unspecified atom stereocenters. The van der Waals surface area contributed by atoms with Crippen LogP contribution < -0.4 is 5.32 Å². The van der Waals surface area contributed by atoms with Crippen molar-refractivity contribution in [1.29, 1.82) is 0 Å². The van der Waals surface area contributed by atoms with E-state index in [-0.39, 0.29) is 0 Å². The maximum absolute atomic E-state index is 3.58. The Kier molecular flexibility index (Phi) is 3.15. The lowest BCUT2D eigenvalue weighted by atomic mass is 9.80. The fourth-order valence-electron chi connectivity index (χ4n) is 2.20. The first kappa shape index (κ1) is 11.4. The molecule has 1 aliphatic heterocycles. The van der Waals surface area contributed by atoms with Gasteiger partial charge in [-0.15, -0.1) is 0 Å². The van der Waals surface area contributed by atoms with E-state index in [9.17, 15) is 0 Å². The van der Waals surface area contributed by atoms with Crippen LogP contribution in [0.25, 0.3) is 5.57 Å². The van der Waals surface area contributed by atoms with Crippen molar-refractivity contribution in [1.82, 2.24) is 5.32 Å². The van der Waals surface area contributed by atoms with Gasteiger partial charge in [0.25, 0.3) is 0 Å². The molecule has 1 N–H and O–H groups in total. The van der Waals surface area contributed by atoms with Crippen LogP contribution in [-0.4, -0.2) is 12.6 Å². The van der Waals surface area contributed by atoms with Gasteiger partial charge in [0.2, 0.25) is 0 Å². The number of benzene rings is 1. The third kappa shape index (κ3) is 2.53. The summed E-state index contributed by atoms with van der Waals surface area (Å²) in [5.41, 5.74) is 3.19. The minimum absolute atomic E-state index is 0.328. The van der Waals surface area contributed by atoms with Crippen LogP contribution in [0, 0.1) is 5.41 Å². The first-order valence-corrected chi connectivity index (χ1v) is 6.05. The van der Waals surface area contributed by atoms with Crippen LogP contribution in [0.4, 0.5) is 0 Å². The van der Waals surface area contributed by atoms with Crippen molar-refractivity contribution < 1.29 is 0 Å². The Hall–Kier alpha value is -1.08. The summed E-state index contributed by atoms with van der Waals surface area (Å²) in [5, 5.41) is 3.58. The van der Waals surface area contributed by atoms with Gasteiger partial charge in [0, 0.05) is 12.6 Å². The molecule has 0 aliphatic carbocycles. The Morgan fingerprint density at radius 3 is 2.44 bits per heavy atom. The van der Waals surface area contributed by atoms with Crippen LogP contribution in [0.2, 0.25) is 0 Å². The summed E-state index contributed by atoms with van der Waals surface area (Å²) in [6.45, 7) is 7.90. The quantitative estimate of drug-likeness (QED) is 0.756. The first-order valence-electron chi connectivity index (χ1n) is 6.05. The molecule has 0 fully saturated rings. The standard InChI is InChI=1S/C15H21N/c1-15(2,3)14-11-13(9-10-16-14)12-7-5-4-6-8-12/h4-9,14,16H,10-11H2,1-3H3. The van der Waals surface area contributed by atoms with Gasteiger partial charge in [-0.3, -0.25) is 0 Å². The first-order chi connectivity index (χ1) is 7.57. The van der Waals surface area contributed by atoms with E-state index in [1.165, 1.54) is 11.1 Å². The van der Waals surface area contributed by atoms with Gasteiger partial charge in [0.1, 0.15) is 0 Å². The van der Waals surface area contributed by atoms with Gasteiger partial charge in [0.15, 0.2) is 0 Å². The Balaban J connectivity index is 2.17. The Morgan fingerprint density at radius 1 is 1.12 bits per heavy atom. The molecule has 0 amide bonds. The molecular weight excluding hydrogens is 194 g/mol. The molecule has 1 atom stereocenters. The monoisotopic (exact) mass is 215 g/mol. The van der Waals surface area contributed by atoms with Crippen molar-refractivity contribution in [2.45, 2.75) is 33.2 Å². The largest absolute Gasteiger partial charge is 0.310 e. The summed E-state index contributed by atoms with van der Waals surface area (Å²) in [5.74, 6) is 0. The average molecular weight is 215 g/mol. The van der Waals surface area contributed by atoms with E-state index in [2.05, 4.69) is 62.5 Å². The van der Waals surface area contributed by atoms with E-state index in [0.717, 1.165) is 13.0 Å². The number of hydrogen-bond acceptors (Lipinski definition) is 1. The molecule has 1 aromatic rings. The number of nitrogens with one attached hydrogen (secondary N) is 1. The van der Waals surface area contributed by atoms with E-state index in [0.29, 0.717) is 11.5 Å². The highest BCUT2D eigenvalue weighted by Gasteiger charge is 2.27. The molecule has 0 saturated heterocycles. The second-order valence-corrected chi connectivity index (χ2v) is 5.63. The minimum atomic E-state index is 0.328. The van der Waals surface area contributed by atoms with Gasteiger partial charge < -0.3 is 5.32 Å². The topological polar surface area (TPSA) is 12.0 Å². The zero-order valence-electron chi connectivity index (χ0n) is 10.5. The van der Waals surface area contributed by atoms with Crippen LogP contribution >= 0.6 is 0 Å². The molecule has 16 heavy (non-hydrogen) atoms. The molecule has 2 rings (SSSR count). The van der Waals surface area contributed by atoms with E-state index in [1.54, 1.807) is 0 Å². The van der Waals surface area contributed by atoms with Gasteiger partial charge in [-0.2, -0.15) is 0 Å². The van der Waals surface area contributed by atoms with Gasteiger partial charge in [-0.1, -0.05) is 57.2 Å². The smallest absolute Gasteiger partial charge is 0.0159 e. The van der Waals surface area contributed by atoms with Gasteiger partial charge in [-0.25, -0.2) is 0 Å². The van der Waals surface area contributed by atoms with Crippen LogP contribution in [-0.2, 0) is 0 Å². The molecule has 0 saturated carbocycles. The van der Waals surface area contributed by atoms with Gasteiger partial charge >= 0.3 is 0 Å². The summed E-state index contributed by atoms with van der Waals surface area (Å²) < 4.78 is 0. The predicted octanol–water partition coefficient (Wildman–Crippen LogP) is 3.48. The van der Waals surface area contributed by atoms with E-state index >= 15 is 0 Å². The van der Waals surface area contributed by atoms with Crippen molar-refractivity contribution >= 4 is 5.57 Å². The predicted molar refractivity (Wildman–Crippen MR) is 70.3 cm³/mol. The summed E-state index contributed by atoms with van der Waals surface area (Å²) in [6.07, 6.45) is 3.45. The third-order valence-corrected chi connectivity index (χ3v) is 3.33. The molecule has 0 aromatic heterocycles. The van der Waals surface area contributed by atoms with Crippen molar-refractivity contribution in [3.63, 3.8) is 0 Å². The van der Waals surface area contributed by atoms with E-state index < -0.39 is 0 Å². The lowest BCUT2D eigenvalue weighted by Crippen LogP contribution is -2.42. The highest BCUT2D eigenvalue weighted by Crippen LogP contribution is 2.30. The Bertz CT molecular complexity index is 370. The lowest BCUT2D eigenvalue weighted by molar-refractivity contribution is 0.274. The molecule has 1 aliphatic rings. The molecule has 0 radical (unpaired) electrons. The average Bonchev–Trinajstić information content (AvgIpc) is 2.29. The fraction of sp³-hybridized carbons (Fsp3) is 0.467. The molecule has 1 heterocycles. The SMILES string of the molecule is CC(C)(C)C1CC(c2ccccc2)=CCN1. The van der Waals surface area contributed by atoms with E-state index in [1.807, 2.05) is 0 Å². The molecule has 0 spiro atoms. The summed E-state index contributed by atoms with van der Waals surface area (Å²) in [7, 11) is 0. The maximum Gasteiger partial charge on any atom is 0.0159 e. The zero-order chi connectivity index (χ0) is 11.6. The van der Waals surface area contributed by atoms with Crippen molar-refractivity contribution in [3.05, 3.63) is 42.0 Å².